The smallest absolute Gasteiger partial charge is 0.161 e. The van der Waals surface area contributed by atoms with E-state index in [2.05, 4.69) is 188 Å². The highest BCUT2D eigenvalue weighted by Gasteiger charge is 2.51. The van der Waals surface area contributed by atoms with E-state index in [0.717, 1.165) is 61.8 Å². The molecule has 12 rings (SSSR count). The van der Waals surface area contributed by atoms with Crippen molar-refractivity contribution < 1.29 is 4.74 Å². The van der Waals surface area contributed by atoms with Crippen molar-refractivity contribution in [1.29, 1.82) is 0 Å². The minimum atomic E-state index is -0.551. The molecular weight excluding hydrogens is 713 g/mol. The van der Waals surface area contributed by atoms with Gasteiger partial charge in [-0.3, -0.25) is 0 Å². The SMILES string of the molecule is c1ccc(-c2cc(-c3ccc4c(c3)sc3ccccc34)nc(-c3ccccc3-c3cccc4c3Oc3ccccc3C43c4ccccc4-c4ccccc43)n2)cc1. The number of hydrogen-bond acceptors (Lipinski definition) is 4. The van der Waals surface area contributed by atoms with E-state index in [1.54, 1.807) is 0 Å². The largest absolute Gasteiger partial charge is 0.456 e. The molecule has 0 N–H and O–H groups in total. The van der Waals surface area contributed by atoms with Gasteiger partial charge in [0.2, 0.25) is 0 Å². The Labute approximate surface area is 334 Å². The molecule has 1 aliphatic carbocycles. The fourth-order valence-electron chi connectivity index (χ4n) is 9.36. The zero-order chi connectivity index (χ0) is 37.5. The lowest BCUT2D eigenvalue weighted by atomic mass is 9.65. The number of aromatic nitrogens is 2. The molecule has 8 aromatic carbocycles. The topological polar surface area (TPSA) is 35.0 Å². The minimum Gasteiger partial charge on any atom is -0.456 e. The number of nitrogens with zero attached hydrogens (tertiary/aromatic N) is 2. The number of hydrogen-bond donors (Lipinski definition) is 0. The molecule has 4 heteroatoms. The van der Waals surface area contributed by atoms with E-state index in [1.807, 2.05) is 17.4 Å². The van der Waals surface area contributed by atoms with Gasteiger partial charge in [0.05, 0.1) is 16.8 Å². The summed E-state index contributed by atoms with van der Waals surface area (Å²) in [6.07, 6.45) is 0. The molecular formula is C53H32N2OS. The first-order valence-corrected chi connectivity index (χ1v) is 20.1. The fraction of sp³-hybridized carbons (Fsp3) is 0.0189. The average molecular weight is 745 g/mol. The lowest BCUT2D eigenvalue weighted by Crippen LogP contribution is -2.32. The Morgan fingerprint density at radius 2 is 0.965 bits per heavy atom. The molecule has 57 heavy (non-hydrogen) atoms. The van der Waals surface area contributed by atoms with E-state index in [1.165, 1.54) is 42.4 Å². The van der Waals surface area contributed by atoms with Gasteiger partial charge in [0.1, 0.15) is 11.5 Å². The van der Waals surface area contributed by atoms with Gasteiger partial charge in [-0.25, -0.2) is 9.97 Å². The van der Waals surface area contributed by atoms with Crippen LogP contribution in [0.25, 0.3) is 76.3 Å². The van der Waals surface area contributed by atoms with Gasteiger partial charge in [-0.15, -0.1) is 11.3 Å². The van der Waals surface area contributed by atoms with E-state index in [0.29, 0.717) is 5.82 Å². The molecule has 0 bridgehead atoms. The predicted octanol–water partition coefficient (Wildman–Crippen LogP) is 14.0. The van der Waals surface area contributed by atoms with E-state index < -0.39 is 5.41 Å². The third-order valence-corrected chi connectivity index (χ3v) is 12.9. The first-order chi connectivity index (χ1) is 28.3. The van der Waals surface area contributed by atoms with E-state index in [-0.39, 0.29) is 0 Å². The molecule has 3 nitrogen and oxygen atoms in total. The highest BCUT2D eigenvalue weighted by atomic mass is 32.1. The van der Waals surface area contributed by atoms with Crippen LogP contribution in [0.5, 0.6) is 11.5 Å². The summed E-state index contributed by atoms with van der Waals surface area (Å²) in [5.41, 5.74) is 13.6. The Morgan fingerprint density at radius 1 is 0.386 bits per heavy atom. The van der Waals surface area contributed by atoms with Crippen molar-refractivity contribution in [3.05, 3.63) is 216 Å². The molecule has 266 valence electrons. The van der Waals surface area contributed by atoms with E-state index >= 15 is 0 Å². The Balaban J connectivity index is 1.08. The van der Waals surface area contributed by atoms with Gasteiger partial charge in [-0.1, -0.05) is 170 Å². The van der Waals surface area contributed by atoms with Crippen LogP contribution in [0.1, 0.15) is 22.3 Å². The van der Waals surface area contributed by atoms with Crippen LogP contribution in [0, 0.1) is 0 Å². The maximum Gasteiger partial charge on any atom is 0.161 e. The summed E-state index contributed by atoms with van der Waals surface area (Å²) in [5, 5.41) is 2.55. The molecule has 0 fully saturated rings. The maximum atomic E-state index is 7.08. The number of rotatable bonds is 4. The second-order valence-corrected chi connectivity index (χ2v) is 15.9. The third kappa shape index (κ3) is 4.71. The minimum absolute atomic E-state index is 0.551. The summed E-state index contributed by atoms with van der Waals surface area (Å²) < 4.78 is 9.61. The van der Waals surface area contributed by atoms with Crippen molar-refractivity contribution in [3.63, 3.8) is 0 Å². The Kier molecular flexibility index (Phi) is 7.01. The van der Waals surface area contributed by atoms with E-state index in [4.69, 9.17) is 14.7 Å². The maximum absolute atomic E-state index is 7.08. The summed E-state index contributed by atoms with van der Waals surface area (Å²) in [4.78, 5) is 10.7. The zero-order valence-electron chi connectivity index (χ0n) is 30.7. The van der Waals surface area contributed by atoms with Gasteiger partial charge >= 0.3 is 0 Å². The predicted molar refractivity (Wildman–Crippen MR) is 234 cm³/mol. The number of fused-ring (bicyclic) bond motifs is 12. The van der Waals surface area contributed by atoms with Crippen LogP contribution in [-0.2, 0) is 5.41 Å². The molecule has 0 saturated heterocycles. The first-order valence-electron chi connectivity index (χ1n) is 19.3. The van der Waals surface area contributed by atoms with E-state index in [9.17, 15) is 0 Å². The molecule has 1 spiro atoms. The van der Waals surface area contributed by atoms with Crippen LogP contribution in [0.2, 0.25) is 0 Å². The van der Waals surface area contributed by atoms with Gasteiger partial charge in [-0.05, 0) is 52.1 Å². The second kappa shape index (κ2) is 12.4. The normalized spacial score (nSPS) is 13.2. The van der Waals surface area contributed by atoms with Crippen molar-refractivity contribution in [3.8, 4) is 67.7 Å². The molecule has 1 aliphatic heterocycles. The monoisotopic (exact) mass is 744 g/mol. The molecule has 0 amide bonds. The summed E-state index contributed by atoms with van der Waals surface area (Å²) >= 11 is 1.82. The Morgan fingerprint density at radius 3 is 1.75 bits per heavy atom. The molecule has 0 radical (unpaired) electrons. The van der Waals surface area contributed by atoms with Gasteiger partial charge in [0, 0.05) is 53.6 Å². The number of benzene rings is 8. The molecule has 3 heterocycles. The molecule has 0 unspecified atom stereocenters. The number of ether oxygens (including phenoxy) is 1. The second-order valence-electron chi connectivity index (χ2n) is 14.8. The lowest BCUT2D eigenvalue weighted by molar-refractivity contribution is 0.438. The number of thiophene rings is 1. The third-order valence-electron chi connectivity index (χ3n) is 11.8. The highest BCUT2D eigenvalue weighted by Crippen LogP contribution is 2.63. The van der Waals surface area contributed by atoms with Crippen molar-refractivity contribution in [1.82, 2.24) is 9.97 Å². The standard InChI is InChI=1S/C53H32N2OS/c1-2-15-33(16-3-1)46-32-47(34-29-30-39-38-20-8-13-28-49(38)57-50(39)31-34)55-52(54-46)41-21-5-4-17-35(41)40-22-14-26-45-51(40)56-48-27-12-11-25-44(48)53(45)42-23-9-6-18-36(42)37-19-7-10-24-43(37)53/h1-32H. The van der Waals surface area contributed by atoms with Crippen LogP contribution < -0.4 is 4.74 Å². The van der Waals surface area contributed by atoms with Gasteiger partial charge in [0.15, 0.2) is 5.82 Å². The van der Waals surface area contributed by atoms with Gasteiger partial charge in [0.25, 0.3) is 0 Å². The molecule has 0 saturated carbocycles. The quantitative estimate of drug-likeness (QED) is 0.180. The van der Waals surface area contributed by atoms with Gasteiger partial charge < -0.3 is 4.74 Å². The van der Waals surface area contributed by atoms with Crippen LogP contribution in [-0.4, -0.2) is 9.97 Å². The summed E-state index contributed by atoms with van der Waals surface area (Å²) in [5.74, 6) is 2.38. The zero-order valence-corrected chi connectivity index (χ0v) is 31.5. The summed E-state index contributed by atoms with van der Waals surface area (Å²) in [7, 11) is 0. The fourth-order valence-corrected chi connectivity index (χ4v) is 10.5. The Bertz CT molecular complexity index is 3190. The molecule has 2 aromatic heterocycles. The van der Waals surface area contributed by atoms with Crippen molar-refractivity contribution in [2.24, 2.45) is 0 Å². The highest BCUT2D eigenvalue weighted by molar-refractivity contribution is 7.25. The average Bonchev–Trinajstić information content (AvgIpc) is 3.80. The van der Waals surface area contributed by atoms with Crippen molar-refractivity contribution in [2.75, 3.05) is 0 Å². The number of para-hydroxylation sites is 2. The molecule has 0 atom stereocenters. The van der Waals surface area contributed by atoms with Gasteiger partial charge in [-0.2, -0.15) is 0 Å². The molecule has 2 aliphatic rings. The van der Waals surface area contributed by atoms with Crippen molar-refractivity contribution in [2.45, 2.75) is 5.41 Å². The summed E-state index contributed by atoms with van der Waals surface area (Å²) in [6.45, 7) is 0. The van der Waals surface area contributed by atoms with Crippen LogP contribution >= 0.6 is 11.3 Å². The van der Waals surface area contributed by atoms with Crippen molar-refractivity contribution >= 4 is 31.5 Å². The lowest BCUT2D eigenvalue weighted by Gasteiger charge is -2.40. The van der Waals surface area contributed by atoms with Crippen LogP contribution in [0.3, 0.4) is 0 Å². The molecule has 10 aromatic rings. The first kappa shape index (κ1) is 32.1. The Hall–Kier alpha value is -7.14. The van der Waals surface area contributed by atoms with Crippen LogP contribution in [0.15, 0.2) is 194 Å². The summed E-state index contributed by atoms with van der Waals surface area (Å²) in [6, 6.07) is 69.3. The van der Waals surface area contributed by atoms with Crippen LogP contribution in [0.4, 0.5) is 0 Å².